The molecule has 2 aromatic carbocycles. The third kappa shape index (κ3) is 3.43. The molecule has 1 saturated heterocycles. The molecule has 0 spiro atoms. The maximum Gasteiger partial charge on any atom is 0.301 e. The molecule has 1 unspecified atom stereocenters. The van der Waals surface area contributed by atoms with Gasteiger partial charge in [0, 0.05) is 5.56 Å². The number of amides is 1. The molecule has 6 nitrogen and oxygen atoms in total. The van der Waals surface area contributed by atoms with Crippen LogP contribution < -0.4 is 4.90 Å². The van der Waals surface area contributed by atoms with Crippen molar-refractivity contribution in [2.24, 2.45) is 0 Å². The van der Waals surface area contributed by atoms with Gasteiger partial charge in [-0.1, -0.05) is 65.6 Å². The molecule has 2 heterocycles. The molecule has 29 heavy (non-hydrogen) atoms. The monoisotopic (exact) mass is 427 g/mol. The second-order valence-corrected chi connectivity index (χ2v) is 8.15. The molecule has 1 N–H and O–H groups in total. The first-order chi connectivity index (χ1) is 14.0. The lowest BCUT2D eigenvalue weighted by Gasteiger charge is -2.22. The van der Waals surface area contributed by atoms with Crippen LogP contribution in [-0.4, -0.2) is 33.3 Å². The summed E-state index contributed by atoms with van der Waals surface area (Å²) < 4.78 is 14.1. The number of anilines is 1. The fourth-order valence-electron chi connectivity index (χ4n) is 3.12. The Labute approximate surface area is 173 Å². The van der Waals surface area contributed by atoms with Crippen molar-refractivity contribution in [3.8, 4) is 0 Å². The number of Topliss-reactive ketones (excluding diaryl/α,β-unsaturated/α-hetero) is 1. The van der Waals surface area contributed by atoms with Crippen molar-refractivity contribution >= 4 is 45.7 Å². The zero-order chi connectivity index (χ0) is 20.5. The number of carbonyl (C=O) groups excluding carboxylic acids is 2. The van der Waals surface area contributed by atoms with Gasteiger partial charge in [0.25, 0.3) is 5.78 Å². The van der Waals surface area contributed by atoms with Crippen LogP contribution in [-0.2, 0) is 9.59 Å². The van der Waals surface area contributed by atoms with E-state index in [1.165, 1.54) is 40.9 Å². The molecule has 1 fully saturated rings. The highest BCUT2D eigenvalue weighted by molar-refractivity contribution is 8.00. The molecule has 0 radical (unpaired) electrons. The van der Waals surface area contributed by atoms with Gasteiger partial charge in [0.15, 0.2) is 4.34 Å². The highest BCUT2D eigenvalue weighted by Gasteiger charge is 2.48. The van der Waals surface area contributed by atoms with Crippen LogP contribution in [0.4, 0.5) is 9.52 Å². The van der Waals surface area contributed by atoms with Gasteiger partial charge in [0.1, 0.15) is 11.6 Å². The third-order valence-electron chi connectivity index (χ3n) is 4.45. The summed E-state index contributed by atoms with van der Waals surface area (Å²) in [6, 6.07) is 13.0. The lowest BCUT2D eigenvalue weighted by atomic mass is 9.95. The molecule has 0 aliphatic carbocycles. The number of benzene rings is 2. The van der Waals surface area contributed by atoms with E-state index in [1.54, 1.807) is 30.3 Å². The van der Waals surface area contributed by atoms with Crippen molar-refractivity contribution in [1.29, 1.82) is 0 Å². The fraction of sp³-hybridized carbons (Fsp3) is 0.100. The van der Waals surface area contributed by atoms with Crippen LogP contribution in [0.2, 0.25) is 0 Å². The third-order valence-corrected chi connectivity index (χ3v) is 6.35. The number of halogens is 1. The van der Waals surface area contributed by atoms with Gasteiger partial charge < -0.3 is 5.11 Å². The topological polar surface area (TPSA) is 83.4 Å². The van der Waals surface area contributed by atoms with E-state index < -0.39 is 23.5 Å². The molecule has 1 atom stereocenters. The van der Waals surface area contributed by atoms with E-state index in [2.05, 4.69) is 10.2 Å². The predicted octanol–water partition coefficient (Wildman–Crippen LogP) is 4.03. The molecule has 1 amide bonds. The van der Waals surface area contributed by atoms with Gasteiger partial charge in [-0.15, -0.1) is 10.2 Å². The summed E-state index contributed by atoms with van der Waals surface area (Å²) in [5.74, 6) is -2.40. The molecule has 0 saturated carbocycles. The number of carbonyl (C=O) groups is 2. The van der Waals surface area contributed by atoms with Crippen molar-refractivity contribution in [2.75, 3.05) is 11.2 Å². The van der Waals surface area contributed by atoms with E-state index in [0.29, 0.717) is 15.5 Å². The number of rotatable bonds is 4. The second-order valence-electron chi connectivity index (χ2n) is 6.14. The number of aliphatic hydroxyl groups excluding tert-OH is 1. The maximum absolute atomic E-state index is 13.5. The summed E-state index contributed by atoms with van der Waals surface area (Å²) >= 11 is 2.53. The summed E-state index contributed by atoms with van der Waals surface area (Å²) in [5, 5.41) is 19.1. The number of aromatic nitrogens is 2. The summed E-state index contributed by atoms with van der Waals surface area (Å²) in [7, 11) is 0. The molecule has 3 aromatic rings. The number of aliphatic hydroxyl groups is 1. The largest absolute Gasteiger partial charge is 0.507 e. The maximum atomic E-state index is 13.5. The van der Waals surface area contributed by atoms with Crippen molar-refractivity contribution in [2.45, 2.75) is 10.4 Å². The quantitative estimate of drug-likeness (QED) is 0.223. The van der Waals surface area contributed by atoms with Crippen molar-refractivity contribution in [3.63, 3.8) is 0 Å². The van der Waals surface area contributed by atoms with Crippen LogP contribution in [0.15, 0.2) is 64.5 Å². The number of ketones is 1. The number of nitrogens with zero attached hydrogens (tertiary/aromatic N) is 3. The van der Waals surface area contributed by atoms with Crippen LogP contribution in [0.25, 0.3) is 5.76 Å². The standard InChI is InChI=1S/C20H14FN3O3S2/c1-28-20-23-22-19(29-20)24-15(11-7-9-13(21)10-8-11)14(17(26)18(24)27)16(25)12-5-3-2-4-6-12/h2-10,15,25H,1H3. The first-order valence-corrected chi connectivity index (χ1v) is 10.5. The molecule has 0 bridgehead atoms. The fourth-order valence-corrected chi connectivity index (χ4v) is 4.41. The van der Waals surface area contributed by atoms with Gasteiger partial charge in [-0.25, -0.2) is 4.39 Å². The Morgan fingerprint density at radius 2 is 1.79 bits per heavy atom. The van der Waals surface area contributed by atoms with Gasteiger partial charge in [-0.05, 0) is 24.0 Å². The van der Waals surface area contributed by atoms with Crippen molar-refractivity contribution < 1.29 is 19.1 Å². The van der Waals surface area contributed by atoms with E-state index in [-0.39, 0.29) is 16.5 Å². The van der Waals surface area contributed by atoms with E-state index in [4.69, 9.17) is 0 Å². The second kappa shape index (κ2) is 7.76. The van der Waals surface area contributed by atoms with Gasteiger partial charge in [-0.2, -0.15) is 0 Å². The van der Waals surface area contributed by atoms with Crippen LogP contribution in [0, 0.1) is 5.82 Å². The molecule has 4 rings (SSSR count). The number of hydrogen-bond acceptors (Lipinski definition) is 7. The van der Waals surface area contributed by atoms with E-state index in [0.717, 1.165) is 11.3 Å². The summed E-state index contributed by atoms with van der Waals surface area (Å²) in [6.07, 6.45) is 1.82. The normalized spacial score (nSPS) is 18.4. The first-order valence-electron chi connectivity index (χ1n) is 8.50. The van der Waals surface area contributed by atoms with Crippen LogP contribution in [0.1, 0.15) is 17.2 Å². The van der Waals surface area contributed by atoms with Crippen molar-refractivity contribution in [3.05, 3.63) is 77.1 Å². The molecule has 9 heteroatoms. The molecule has 1 aliphatic heterocycles. The highest BCUT2D eigenvalue weighted by Crippen LogP contribution is 2.43. The summed E-state index contributed by atoms with van der Waals surface area (Å²) in [4.78, 5) is 27.0. The molecular formula is C20H14FN3O3S2. The summed E-state index contributed by atoms with van der Waals surface area (Å²) in [6.45, 7) is 0. The Balaban J connectivity index is 1.93. The van der Waals surface area contributed by atoms with Gasteiger partial charge in [0.05, 0.1) is 11.6 Å². The van der Waals surface area contributed by atoms with Crippen molar-refractivity contribution in [1.82, 2.24) is 10.2 Å². The van der Waals surface area contributed by atoms with Gasteiger partial charge >= 0.3 is 5.91 Å². The molecule has 1 aromatic heterocycles. The zero-order valence-corrected chi connectivity index (χ0v) is 16.7. The van der Waals surface area contributed by atoms with Crippen LogP contribution in [0.3, 0.4) is 0 Å². The summed E-state index contributed by atoms with van der Waals surface area (Å²) in [5.41, 5.74) is 0.803. The average Bonchev–Trinajstić information content (AvgIpc) is 3.32. The van der Waals surface area contributed by atoms with E-state index in [1.807, 2.05) is 6.26 Å². The SMILES string of the molecule is CSc1nnc(N2C(=O)C(=O)C(=C(O)c3ccccc3)C2c2ccc(F)cc2)s1. The molecular weight excluding hydrogens is 413 g/mol. The number of thioether (sulfide) groups is 1. The average molecular weight is 427 g/mol. The molecule has 1 aliphatic rings. The minimum atomic E-state index is -0.946. The van der Waals surface area contributed by atoms with Crippen LogP contribution >= 0.6 is 23.1 Å². The highest BCUT2D eigenvalue weighted by atomic mass is 32.2. The van der Waals surface area contributed by atoms with Crippen LogP contribution in [0.5, 0.6) is 0 Å². The van der Waals surface area contributed by atoms with Gasteiger partial charge in [0.2, 0.25) is 5.13 Å². The minimum absolute atomic E-state index is 0.0753. The Hall–Kier alpha value is -3.04. The smallest absolute Gasteiger partial charge is 0.301 e. The lowest BCUT2D eigenvalue weighted by Crippen LogP contribution is -2.29. The number of hydrogen-bond donors (Lipinski definition) is 1. The first kappa shape index (κ1) is 19.3. The Bertz CT molecular complexity index is 1110. The zero-order valence-electron chi connectivity index (χ0n) is 15.1. The Kier molecular flexibility index (Phi) is 5.16. The Morgan fingerprint density at radius 3 is 2.41 bits per heavy atom. The molecule has 146 valence electrons. The Morgan fingerprint density at radius 1 is 1.10 bits per heavy atom. The van der Waals surface area contributed by atoms with Gasteiger partial charge in [-0.3, -0.25) is 14.5 Å². The lowest BCUT2D eigenvalue weighted by molar-refractivity contribution is -0.132. The minimum Gasteiger partial charge on any atom is -0.507 e. The predicted molar refractivity (Wildman–Crippen MR) is 109 cm³/mol. The van der Waals surface area contributed by atoms with E-state index in [9.17, 15) is 19.1 Å². The van der Waals surface area contributed by atoms with E-state index >= 15 is 0 Å².